The molecule has 0 amide bonds. The first-order valence-corrected chi connectivity index (χ1v) is 8.41. The van der Waals surface area contributed by atoms with E-state index in [0.29, 0.717) is 0 Å². The minimum atomic E-state index is 1.05. The van der Waals surface area contributed by atoms with Crippen molar-refractivity contribution in [3.63, 3.8) is 0 Å². The number of hydrogen-bond acceptors (Lipinski definition) is 2. The van der Waals surface area contributed by atoms with Gasteiger partial charge in [0.25, 0.3) is 0 Å². The standard InChI is InChI=1S/C17H15N.C3H8.C2H6O/c1-12-7-6-10-15-17(12)13(2)11-16(18-15)14-8-4-3-5-9-14;2*1-3-2/h3-11H,1-2H3;3H2,1-2H3;1-2H3. The second-order valence-electron chi connectivity index (χ2n) is 5.77. The van der Waals surface area contributed by atoms with Crippen LogP contribution in [0.4, 0.5) is 0 Å². The van der Waals surface area contributed by atoms with Crippen LogP contribution in [-0.4, -0.2) is 19.2 Å². The van der Waals surface area contributed by atoms with Crippen LogP contribution >= 0.6 is 0 Å². The summed E-state index contributed by atoms with van der Waals surface area (Å²) in [6.45, 7) is 8.54. The van der Waals surface area contributed by atoms with Gasteiger partial charge in [-0.15, -0.1) is 0 Å². The number of hydrogen-bond donors (Lipinski definition) is 0. The van der Waals surface area contributed by atoms with Crippen LogP contribution in [0.5, 0.6) is 0 Å². The third kappa shape index (κ3) is 5.47. The third-order valence-corrected chi connectivity index (χ3v) is 3.31. The molecule has 3 aromatic rings. The highest BCUT2D eigenvalue weighted by Gasteiger charge is 2.06. The maximum Gasteiger partial charge on any atom is 0.0714 e. The van der Waals surface area contributed by atoms with Gasteiger partial charge in [0.05, 0.1) is 11.2 Å². The Morgan fingerprint density at radius 2 is 1.42 bits per heavy atom. The molecule has 0 aliphatic carbocycles. The molecule has 128 valence electrons. The van der Waals surface area contributed by atoms with Gasteiger partial charge in [0.15, 0.2) is 0 Å². The third-order valence-electron chi connectivity index (χ3n) is 3.31. The summed E-state index contributed by atoms with van der Waals surface area (Å²) in [6, 6.07) is 18.8. The molecule has 0 radical (unpaired) electrons. The van der Waals surface area contributed by atoms with Crippen LogP contribution in [0, 0.1) is 13.8 Å². The molecule has 0 spiro atoms. The molecule has 1 heterocycles. The highest BCUT2D eigenvalue weighted by atomic mass is 16.4. The Labute approximate surface area is 146 Å². The SMILES string of the molecule is CCC.COC.Cc1cccc2nc(-c3ccccc3)cc(C)c12. The predicted molar refractivity (Wildman–Crippen MR) is 106 cm³/mol. The maximum absolute atomic E-state index is 4.77. The van der Waals surface area contributed by atoms with Crippen LogP contribution in [0.2, 0.25) is 0 Å². The molecule has 0 atom stereocenters. The van der Waals surface area contributed by atoms with Crippen molar-refractivity contribution in [3.05, 3.63) is 65.7 Å². The van der Waals surface area contributed by atoms with Gasteiger partial charge in [0, 0.05) is 25.2 Å². The average molecular weight is 323 g/mol. The van der Waals surface area contributed by atoms with Gasteiger partial charge < -0.3 is 4.74 Å². The van der Waals surface area contributed by atoms with Crippen LogP contribution in [-0.2, 0) is 4.74 Å². The first-order valence-electron chi connectivity index (χ1n) is 8.41. The van der Waals surface area contributed by atoms with E-state index in [1.807, 2.05) is 18.2 Å². The van der Waals surface area contributed by atoms with Crippen molar-refractivity contribution in [3.8, 4) is 11.3 Å². The largest absolute Gasteiger partial charge is 0.388 e. The van der Waals surface area contributed by atoms with E-state index in [9.17, 15) is 0 Å². The molecule has 0 bridgehead atoms. The molecule has 2 aromatic carbocycles. The van der Waals surface area contributed by atoms with Crippen LogP contribution < -0.4 is 0 Å². The van der Waals surface area contributed by atoms with E-state index < -0.39 is 0 Å². The summed E-state index contributed by atoms with van der Waals surface area (Å²) < 4.78 is 4.25. The summed E-state index contributed by atoms with van der Waals surface area (Å²) in [5, 5.41) is 1.28. The summed E-state index contributed by atoms with van der Waals surface area (Å²) >= 11 is 0. The first kappa shape index (κ1) is 19.9. The van der Waals surface area contributed by atoms with Crippen molar-refractivity contribution < 1.29 is 4.74 Å². The van der Waals surface area contributed by atoms with Crippen molar-refractivity contribution in [2.45, 2.75) is 34.1 Å². The molecule has 0 saturated heterocycles. The monoisotopic (exact) mass is 323 g/mol. The Kier molecular flexibility index (Phi) is 8.74. The molecule has 0 unspecified atom stereocenters. The van der Waals surface area contributed by atoms with Gasteiger partial charge >= 0.3 is 0 Å². The van der Waals surface area contributed by atoms with E-state index in [0.717, 1.165) is 11.2 Å². The number of aromatic nitrogens is 1. The number of aryl methyl sites for hydroxylation is 2. The predicted octanol–water partition coefficient (Wildman–Crippen LogP) is 6.20. The molecular weight excluding hydrogens is 294 g/mol. The van der Waals surface area contributed by atoms with Gasteiger partial charge in [-0.2, -0.15) is 0 Å². The van der Waals surface area contributed by atoms with Gasteiger partial charge in [0.2, 0.25) is 0 Å². The lowest BCUT2D eigenvalue weighted by molar-refractivity contribution is 0.277. The molecule has 0 aliphatic rings. The average Bonchev–Trinajstić information content (AvgIpc) is 2.57. The van der Waals surface area contributed by atoms with E-state index in [1.165, 1.54) is 28.5 Å². The van der Waals surface area contributed by atoms with Gasteiger partial charge in [-0.1, -0.05) is 62.7 Å². The van der Waals surface area contributed by atoms with Gasteiger partial charge in [-0.25, -0.2) is 4.98 Å². The minimum absolute atomic E-state index is 1.05. The van der Waals surface area contributed by atoms with Crippen LogP contribution in [0.15, 0.2) is 54.6 Å². The second-order valence-corrected chi connectivity index (χ2v) is 5.77. The quantitative estimate of drug-likeness (QED) is 0.532. The minimum Gasteiger partial charge on any atom is -0.388 e. The van der Waals surface area contributed by atoms with Crippen molar-refractivity contribution >= 4 is 10.9 Å². The maximum atomic E-state index is 4.77. The zero-order valence-corrected chi connectivity index (χ0v) is 15.8. The van der Waals surface area contributed by atoms with Crippen molar-refractivity contribution in [1.82, 2.24) is 4.98 Å². The lowest BCUT2D eigenvalue weighted by Gasteiger charge is -2.08. The molecule has 0 fully saturated rings. The summed E-state index contributed by atoms with van der Waals surface area (Å²) in [5.41, 5.74) is 5.87. The molecule has 3 rings (SSSR count). The molecule has 0 N–H and O–H groups in total. The van der Waals surface area contributed by atoms with E-state index >= 15 is 0 Å². The number of fused-ring (bicyclic) bond motifs is 1. The Hall–Kier alpha value is -2.19. The van der Waals surface area contributed by atoms with Gasteiger partial charge in [0.1, 0.15) is 0 Å². The van der Waals surface area contributed by atoms with E-state index in [1.54, 1.807) is 14.2 Å². The second kappa shape index (κ2) is 10.6. The summed E-state index contributed by atoms with van der Waals surface area (Å²) in [7, 11) is 3.25. The molecule has 1 aromatic heterocycles. The van der Waals surface area contributed by atoms with Crippen LogP contribution in [0.3, 0.4) is 0 Å². The Bertz CT molecular complexity index is 734. The smallest absolute Gasteiger partial charge is 0.0714 e. The molecular formula is C22H29NO. The zero-order chi connectivity index (χ0) is 17.9. The highest BCUT2D eigenvalue weighted by molar-refractivity contribution is 5.87. The van der Waals surface area contributed by atoms with Gasteiger partial charge in [-0.05, 0) is 37.1 Å². The molecule has 0 aliphatic heterocycles. The normalized spacial score (nSPS) is 9.58. The molecule has 24 heavy (non-hydrogen) atoms. The van der Waals surface area contributed by atoms with E-state index in [4.69, 9.17) is 4.98 Å². The fourth-order valence-electron chi connectivity index (χ4n) is 2.45. The first-order chi connectivity index (χ1) is 11.6. The molecule has 2 heteroatoms. The van der Waals surface area contributed by atoms with E-state index in [2.05, 4.69) is 68.8 Å². The molecule has 0 saturated carbocycles. The number of benzene rings is 2. The number of rotatable bonds is 1. The Balaban J connectivity index is 0.000000423. The number of nitrogens with zero attached hydrogens (tertiary/aromatic N) is 1. The van der Waals surface area contributed by atoms with Crippen LogP contribution in [0.25, 0.3) is 22.2 Å². The molecule has 2 nitrogen and oxygen atoms in total. The summed E-state index contributed by atoms with van der Waals surface area (Å²) in [6.07, 6.45) is 1.25. The number of pyridine rings is 1. The summed E-state index contributed by atoms with van der Waals surface area (Å²) in [5.74, 6) is 0. The van der Waals surface area contributed by atoms with Crippen molar-refractivity contribution in [2.75, 3.05) is 14.2 Å². The fourth-order valence-corrected chi connectivity index (χ4v) is 2.45. The van der Waals surface area contributed by atoms with Crippen molar-refractivity contribution in [2.24, 2.45) is 0 Å². The van der Waals surface area contributed by atoms with Gasteiger partial charge in [-0.3, -0.25) is 0 Å². The Morgan fingerprint density at radius 3 is 2.00 bits per heavy atom. The Morgan fingerprint density at radius 1 is 0.833 bits per heavy atom. The summed E-state index contributed by atoms with van der Waals surface area (Å²) in [4.78, 5) is 4.77. The number of methoxy groups -OCH3 is 1. The number of ether oxygens (including phenoxy) is 1. The van der Waals surface area contributed by atoms with Crippen LogP contribution in [0.1, 0.15) is 31.4 Å². The topological polar surface area (TPSA) is 22.1 Å². The fraction of sp³-hybridized carbons (Fsp3) is 0.318. The highest BCUT2D eigenvalue weighted by Crippen LogP contribution is 2.26. The van der Waals surface area contributed by atoms with Crippen molar-refractivity contribution in [1.29, 1.82) is 0 Å². The lowest BCUT2D eigenvalue weighted by atomic mass is 10.0. The lowest BCUT2D eigenvalue weighted by Crippen LogP contribution is -1.90. The van der Waals surface area contributed by atoms with E-state index in [-0.39, 0.29) is 0 Å². The zero-order valence-electron chi connectivity index (χ0n) is 15.8.